The molecule has 3 heterocycles. The number of nitrogens with zero attached hydrogens (tertiary/aromatic N) is 2. The van der Waals surface area contributed by atoms with Crippen molar-refractivity contribution < 1.29 is 19.0 Å². The summed E-state index contributed by atoms with van der Waals surface area (Å²) in [7, 11) is 0. The molecule has 0 unspecified atom stereocenters. The van der Waals surface area contributed by atoms with Crippen LogP contribution in [0.15, 0.2) is 48.8 Å². The van der Waals surface area contributed by atoms with E-state index >= 15 is 0 Å². The summed E-state index contributed by atoms with van der Waals surface area (Å²) in [6, 6.07) is 11.5. The van der Waals surface area contributed by atoms with E-state index in [1.807, 2.05) is 43.3 Å². The van der Waals surface area contributed by atoms with Crippen molar-refractivity contribution in [2.75, 3.05) is 32.9 Å². The molecule has 1 aromatic carbocycles. The number of likely N-dealkylation sites (tertiary alicyclic amines) is 1. The lowest BCUT2D eigenvalue weighted by molar-refractivity contribution is -0.168. The summed E-state index contributed by atoms with van der Waals surface area (Å²) in [4.78, 5) is 18.3. The first-order valence-corrected chi connectivity index (χ1v) is 9.29. The molecule has 27 heavy (non-hydrogen) atoms. The fourth-order valence-corrected chi connectivity index (χ4v) is 3.65. The van der Waals surface area contributed by atoms with Crippen molar-refractivity contribution in [2.45, 2.75) is 18.9 Å². The van der Waals surface area contributed by atoms with Gasteiger partial charge >= 0.3 is 0 Å². The van der Waals surface area contributed by atoms with Gasteiger partial charge in [-0.2, -0.15) is 0 Å². The zero-order chi connectivity index (χ0) is 18.7. The molecule has 2 aliphatic rings. The summed E-state index contributed by atoms with van der Waals surface area (Å²) in [5.74, 6) is 1.74. The van der Waals surface area contributed by atoms with Gasteiger partial charge in [-0.1, -0.05) is 17.7 Å². The number of pyridine rings is 1. The van der Waals surface area contributed by atoms with Gasteiger partial charge in [0.1, 0.15) is 17.1 Å². The zero-order valence-corrected chi connectivity index (χ0v) is 15.5. The first-order valence-electron chi connectivity index (χ1n) is 9.29. The Hall–Kier alpha value is -2.60. The maximum atomic E-state index is 12.4. The highest BCUT2D eigenvalue weighted by Gasteiger charge is 2.54. The average molecular weight is 368 g/mol. The van der Waals surface area contributed by atoms with Gasteiger partial charge in [-0.15, -0.1) is 0 Å². The van der Waals surface area contributed by atoms with E-state index in [0.29, 0.717) is 32.1 Å². The van der Waals surface area contributed by atoms with Crippen LogP contribution in [-0.4, -0.2) is 54.3 Å². The van der Waals surface area contributed by atoms with Gasteiger partial charge in [-0.25, -0.2) is 0 Å². The molecule has 6 nitrogen and oxygen atoms in total. The molecule has 0 saturated carbocycles. The van der Waals surface area contributed by atoms with E-state index < -0.39 is 0 Å². The third-order valence-electron chi connectivity index (χ3n) is 5.34. The SMILES string of the molecule is Cc1ccc(OCC(=O)N2CC3(C2)OCC[C@H]3COc2cccnc2)cc1. The van der Waals surface area contributed by atoms with E-state index in [0.717, 1.165) is 17.7 Å². The molecule has 0 N–H and O–H groups in total. The minimum atomic E-state index is -0.276. The van der Waals surface area contributed by atoms with Gasteiger partial charge in [-0.3, -0.25) is 9.78 Å². The topological polar surface area (TPSA) is 60.9 Å². The number of benzene rings is 1. The van der Waals surface area contributed by atoms with Gasteiger partial charge in [0.25, 0.3) is 5.91 Å². The predicted molar refractivity (Wildman–Crippen MR) is 99.8 cm³/mol. The van der Waals surface area contributed by atoms with Gasteiger partial charge < -0.3 is 19.1 Å². The molecule has 142 valence electrons. The van der Waals surface area contributed by atoms with Crippen molar-refractivity contribution in [3.63, 3.8) is 0 Å². The number of aromatic nitrogens is 1. The fourth-order valence-electron chi connectivity index (χ4n) is 3.65. The van der Waals surface area contributed by atoms with Gasteiger partial charge in [0.15, 0.2) is 6.61 Å². The maximum absolute atomic E-state index is 12.4. The summed E-state index contributed by atoms with van der Waals surface area (Å²) in [5.41, 5.74) is 0.887. The molecule has 2 aromatic rings. The second-order valence-corrected chi connectivity index (χ2v) is 7.25. The number of aryl methyl sites for hydroxylation is 1. The number of amides is 1. The van der Waals surface area contributed by atoms with Crippen LogP contribution in [0.4, 0.5) is 0 Å². The molecule has 6 heteroatoms. The molecule has 1 aromatic heterocycles. The smallest absolute Gasteiger partial charge is 0.260 e. The Balaban J connectivity index is 1.26. The Bertz CT molecular complexity index is 773. The molecule has 2 fully saturated rings. The summed E-state index contributed by atoms with van der Waals surface area (Å²) < 4.78 is 17.5. The van der Waals surface area contributed by atoms with E-state index in [-0.39, 0.29) is 24.0 Å². The molecule has 1 spiro atoms. The van der Waals surface area contributed by atoms with Crippen LogP contribution < -0.4 is 9.47 Å². The standard InChI is InChI=1S/C21H24N2O4/c1-16-4-6-18(7-5-16)26-13-20(24)23-14-21(15-23)17(8-10-27-21)12-25-19-3-2-9-22-11-19/h2-7,9,11,17H,8,10,12-15H2,1H3/t17-/m0/s1. The highest BCUT2D eigenvalue weighted by atomic mass is 16.5. The van der Waals surface area contributed by atoms with E-state index in [1.165, 1.54) is 0 Å². The molecule has 0 bridgehead atoms. The van der Waals surface area contributed by atoms with Crippen molar-refractivity contribution >= 4 is 5.91 Å². The lowest BCUT2D eigenvalue weighted by Crippen LogP contribution is -2.67. The van der Waals surface area contributed by atoms with Gasteiger partial charge in [-0.05, 0) is 37.6 Å². The van der Waals surface area contributed by atoms with E-state index in [9.17, 15) is 4.79 Å². The fraction of sp³-hybridized carbons (Fsp3) is 0.429. The van der Waals surface area contributed by atoms with Crippen LogP contribution in [0.3, 0.4) is 0 Å². The Morgan fingerprint density at radius 2 is 2.04 bits per heavy atom. The summed E-state index contributed by atoms with van der Waals surface area (Å²) >= 11 is 0. The lowest BCUT2D eigenvalue weighted by Gasteiger charge is -2.49. The monoisotopic (exact) mass is 368 g/mol. The Kier molecular flexibility index (Phi) is 4.99. The number of rotatable bonds is 6. The second kappa shape index (κ2) is 7.56. The second-order valence-electron chi connectivity index (χ2n) is 7.25. The molecular weight excluding hydrogens is 344 g/mol. The van der Waals surface area contributed by atoms with Crippen molar-refractivity contribution in [1.29, 1.82) is 0 Å². The lowest BCUT2D eigenvalue weighted by atomic mass is 9.81. The normalized spacial score (nSPS) is 20.3. The van der Waals surface area contributed by atoms with Crippen LogP contribution in [0.25, 0.3) is 0 Å². The van der Waals surface area contributed by atoms with Gasteiger partial charge in [0.05, 0.1) is 25.9 Å². The first kappa shape index (κ1) is 17.8. The molecule has 0 radical (unpaired) electrons. The van der Waals surface area contributed by atoms with Crippen LogP contribution in [-0.2, 0) is 9.53 Å². The summed E-state index contributed by atoms with van der Waals surface area (Å²) in [6.45, 7) is 4.56. The summed E-state index contributed by atoms with van der Waals surface area (Å²) in [5, 5.41) is 0. The highest BCUT2D eigenvalue weighted by Crippen LogP contribution is 2.40. The third-order valence-corrected chi connectivity index (χ3v) is 5.34. The van der Waals surface area contributed by atoms with Gasteiger partial charge in [0, 0.05) is 18.7 Å². The van der Waals surface area contributed by atoms with Crippen molar-refractivity contribution in [3.05, 3.63) is 54.4 Å². The van der Waals surface area contributed by atoms with Crippen LogP contribution in [0.2, 0.25) is 0 Å². The van der Waals surface area contributed by atoms with Crippen molar-refractivity contribution in [3.8, 4) is 11.5 Å². The Morgan fingerprint density at radius 1 is 1.22 bits per heavy atom. The first-order chi connectivity index (χ1) is 13.1. The minimum absolute atomic E-state index is 0.0105. The number of hydrogen-bond donors (Lipinski definition) is 0. The number of ether oxygens (including phenoxy) is 3. The minimum Gasteiger partial charge on any atom is -0.492 e. The number of carbonyl (C=O) groups excluding carboxylic acids is 1. The van der Waals surface area contributed by atoms with E-state index in [1.54, 1.807) is 17.3 Å². The van der Waals surface area contributed by atoms with Gasteiger partial charge in [0.2, 0.25) is 0 Å². The molecule has 1 amide bonds. The Labute approximate surface area is 159 Å². The maximum Gasteiger partial charge on any atom is 0.260 e. The molecule has 0 aliphatic carbocycles. The zero-order valence-electron chi connectivity index (χ0n) is 15.5. The van der Waals surface area contributed by atoms with Crippen LogP contribution >= 0.6 is 0 Å². The molecule has 2 aliphatic heterocycles. The van der Waals surface area contributed by atoms with Crippen LogP contribution in [0.5, 0.6) is 11.5 Å². The predicted octanol–water partition coefficient (Wildman–Crippen LogP) is 2.47. The third kappa shape index (κ3) is 3.90. The van der Waals surface area contributed by atoms with E-state index in [4.69, 9.17) is 14.2 Å². The average Bonchev–Trinajstić information content (AvgIpc) is 3.09. The molecule has 1 atom stereocenters. The Morgan fingerprint density at radius 3 is 2.78 bits per heavy atom. The van der Waals surface area contributed by atoms with Crippen molar-refractivity contribution in [2.24, 2.45) is 5.92 Å². The largest absolute Gasteiger partial charge is 0.492 e. The highest BCUT2D eigenvalue weighted by molar-refractivity contribution is 5.79. The quantitative estimate of drug-likeness (QED) is 0.784. The summed E-state index contributed by atoms with van der Waals surface area (Å²) in [6.07, 6.45) is 4.38. The molecular formula is C21H24N2O4. The van der Waals surface area contributed by atoms with Crippen LogP contribution in [0, 0.1) is 12.8 Å². The van der Waals surface area contributed by atoms with Crippen LogP contribution in [0.1, 0.15) is 12.0 Å². The number of carbonyl (C=O) groups is 1. The van der Waals surface area contributed by atoms with E-state index in [2.05, 4.69) is 4.98 Å². The van der Waals surface area contributed by atoms with Crippen molar-refractivity contribution in [1.82, 2.24) is 9.88 Å². The number of hydrogen-bond acceptors (Lipinski definition) is 5. The molecule has 2 saturated heterocycles. The molecule has 4 rings (SSSR count).